The lowest BCUT2D eigenvalue weighted by Gasteiger charge is -2.26. The number of alkyl halides is 3. The van der Waals surface area contributed by atoms with Crippen LogP contribution in [0, 0.1) is 0 Å². The van der Waals surface area contributed by atoms with E-state index in [1.54, 1.807) is 32.0 Å². The van der Waals surface area contributed by atoms with Gasteiger partial charge < -0.3 is 14.8 Å². The molecular formula is C19H18F3NO3. The van der Waals surface area contributed by atoms with Gasteiger partial charge in [0.1, 0.15) is 13.2 Å². The molecule has 0 aliphatic carbocycles. The Labute approximate surface area is 148 Å². The lowest BCUT2D eigenvalue weighted by molar-refractivity contribution is -0.137. The summed E-state index contributed by atoms with van der Waals surface area (Å²) in [5, 5.41) is 2.66. The number of carbonyl (C=O) groups excluding carboxylic acids is 1. The summed E-state index contributed by atoms with van der Waals surface area (Å²) in [4.78, 5) is 12.7. The van der Waals surface area contributed by atoms with Crippen LogP contribution in [0.1, 0.15) is 25.0 Å². The zero-order valence-corrected chi connectivity index (χ0v) is 14.3. The van der Waals surface area contributed by atoms with Crippen molar-refractivity contribution in [1.29, 1.82) is 0 Å². The average Bonchev–Trinajstić information content (AvgIpc) is 2.61. The van der Waals surface area contributed by atoms with Crippen molar-refractivity contribution >= 4 is 11.6 Å². The highest BCUT2D eigenvalue weighted by atomic mass is 19.4. The van der Waals surface area contributed by atoms with Crippen molar-refractivity contribution in [2.45, 2.75) is 25.4 Å². The molecule has 0 unspecified atom stereocenters. The summed E-state index contributed by atoms with van der Waals surface area (Å²) < 4.78 is 48.9. The average molecular weight is 365 g/mol. The molecular weight excluding hydrogens is 347 g/mol. The number of hydrogen-bond acceptors (Lipinski definition) is 3. The van der Waals surface area contributed by atoms with Crippen LogP contribution in [0.4, 0.5) is 18.9 Å². The SMILES string of the molecule is CC(C)(C(=O)Nc1ccc(C(F)(F)F)cc1)c1ccc2c(c1)OCCO2. The zero-order chi connectivity index (χ0) is 18.9. The lowest BCUT2D eigenvalue weighted by Crippen LogP contribution is -2.35. The second-order valence-electron chi connectivity index (χ2n) is 6.51. The number of carbonyl (C=O) groups is 1. The molecule has 0 fully saturated rings. The molecule has 2 aromatic rings. The van der Waals surface area contributed by atoms with Crippen molar-refractivity contribution in [3.63, 3.8) is 0 Å². The Balaban J connectivity index is 1.78. The van der Waals surface area contributed by atoms with Gasteiger partial charge in [-0.1, -0.05) is 6.07 Å². The Bertz CT molecular complexity index is 814. The second-order valence-corrected chi connectivity index (χ2v) is 6.51. The molecule has 1 N–H and O–H groups in total. The van der Waals surface area contributed by atoms with Crippen LogP contribution in [0.3, 0.4) is 0 Å². The van der Waals surface area contributed by atoms with Gasteiger partial charge in [-0.05, 0) is 55.8 Å². The van der Waals surface area contributed by atoms with E-state index in [4.69, 9.17) is 9.47 Å². The molecule has 3 rings (SSSR count). The molecule has 0 bridgehead atoms. The van der Waals surface area contributed by atoms with Crippen LogP contribution >= 0.6 is 0 Å². The van der Waals surface area contributed by atoms with Crippen molar-refractivity contribution in [2.24, 2.45) is 0 Å². The molecule has 138 valence electrons. The molecule has 7 heteroatoms. The highest BCUT2D eigenvalue weighted by Gasteiger charge is 2.32. The lowest BCUT2D eigenvalue weighted by atomic mass is 9.83. The Morgan fingerprint density at radius 2 is 1.50 bits per heavy atom. The second kappa shape index (κ2) is 6.55. The zero-order valence-electron chi connectivity index (χ0n) is 14.3. The molecule has 0 atom stereocenters. The van der Waals surface area contributed by atoms with E-state index in [0.29, 0.717) is 36.0 Å². The third-order valence-electron chi connectivity index (χ3n) is 4.30. The van der Waals surface area contributed by atoms with E-state index >= 15 is 0 Å². The molecule has 1 amide bonds. The molecule has 26 heavy (non-hydrogen) atoms. The van der Waals surface area contributed by atoms with Gasteiger partial charge in [-0.25, -0.2) is 0 Å². The number of amides is 1. The third kappa shape index (κ3) is 3.61. The normalized spacial score (nSPS) is 14.0. The van der Waals surface area contributed by atoms with Crippen LogP contribution in [-0.2, 0) is 16.4 Å². The van der Waals surface area contributed by atoms with Gasteiger partial charge in [-0.15, -0.1) is 0 Å². The van der Waals surface area contributed by atoms with Crippen molar-refractivity contribution in [3.05, 3.63) is 53.6 Å². The van der Waals surface area contributed by atoms with Crippen molar-refractivity contribution in [1.82, 2.24) is 0 Å². The molecule has 1 aliphatic heterocycles. The van der Waals surface area contributed by atoms with Crippen molar-refractivity contribution < 1.29 is 27.4 Å². The van der Waals surface area contributed by atoms with Crippen molar-refractivity contribution in [3.8, 4) is 11.5 Å². The quantitative estimate of drug-likeness (QED) is 0.877. The largest absolute Gasteiger partial charge is 0.486 e. The maximum absolute atomic E-state index is 12.7. The van der Waals surface area contributed by atoms with Gasteiger partial charge in [0, 0.05) is 5.69 Å². The maximum Gasteiger partial charge on any atom is 0.416 e. The summed E-state index contributed by atoms with van der Waals surface area (Å²) in [5.74, 6) is 0.858. The minimum atomic E-state index is -4.41. The van der Waals surface area contributed by atoms with Gasteiger partial charge in [0.2, 0.25) is 5.91 Å². The van der Waals surface area contributed by atoms with Gasteiger partial charge in [0.15, 0.2) is 11.5 Å². The van der Waals surface area contributed by atoms with E-state index in [9.17, 15) is 18.0 Å². The number of ether oxygens (including phenoxy) is 2. The fourth-order valence-electron chi connectivity index (χ4n) is 2.59. The van der Waals surface area contributed by atoms with Crippen LogP contribution in [-0.4, -0.2) is 19.1 Å². The predicted molar refractivity (Wildman–Crippen MR) is 90.5 cm³/mol. The first-order chi connectivity index (χ1) is 12.2. The van der Waals surface area contributed by atoms with E-state index in [2.05, 4.69) is 5.32 Å². The van der Waals surface area contributed by atoms with Crippen LogP contribution in [0.2, 0.25) is 0 Å². The first kappa shape index (κ1) is 18.1. The topological polar surface area (TPSA) is 47.6 Å². The number of rotatable bonds is 3. The van der Waals surface area contributed by atoms with Gasteiger partial charge in [-0.3, -0.25) is 4.79 Å². The summed E-state index contributed by atoms with van der Waals surface area (Å²) >= 11 is 0. The summed E-state index contributed by atoms with van der Waals surface area (Å²) in [6, 6.07) is 9.62. The third-order valence-corrected chi connectivity index (χ3v) is 4.30. The Kier molecular flexibility index (Phi) is 4.56. The monoisotopic (exact) mass is 365 g/mol. The number of benzene rings is 2. The van der Waals surface area contributed by atoms with Crippen LogP contribution in [0.25, 0.3) is 0 Å². The highest BCUT2D eigenvalue weighted by Crippen LogP contribution is 2.36. The Hall–Kier alpha value is -2.70. The number of hydrogen-bond donors (Lipinski definition) is 1. The van der Waals surface area contributed by atoms with Crippen LogP contribution in [0.5, 0.6) is 11.5 Å². The molecule has 1 aliphatic rings. The fourth-order valence-corrected chi connectivity index (χ4v) is 2.59. The predicted octanol–water partition coefficient (Wildman–Crippen LogP) is 4.39. The smallest absolute Gasteiger partial charge is 0.416 e. The van der Waals surface area contributed by atoms with E-state index in [1.807, 2.05) is 0 Å². The number of anilines is 1. The maximum atomic E-state index is 12.7. The molecule has 0 aromatic heterocycles. The van der Waals surface area contributed by atoms with Gasteiger partial charge in [0.25, 0.3) is 0 Å². The molecule has 2 aromatic carbocycles. The van der Waals surface area contributed by atoms with E-state index in [-0.39, 0.29) is 5.91 Å². The number of halogens is 3. The number of nitrogens with one attached hydrogen (secondary N) is 1. The van der Waals surface area contributed by atoms with E-state index in [1.165, 1.54) is 12.1 Å². The first-order valence-corrected chi connectivity index (χ1v) is 8.07. The number of fused-ring (bicyclic) bond motifs is 1. The van der Waals surface area contributed by atoms with Gasteiger partial charge >= 0.3 is 6.18 Å². The molecule has 1 heterocycles. The molecule has 0 saturated carbocycles. The van der Waals surface area contributed by atoms with Gasteiger partial charge in [0.05, 0.1) is 11.0 Å². The highest BCUT2D eigenvalue weighted by molar-refractivity contribution is 5.98. The molecule has 0 radical (unpaired) electrons. The van der Waals surface area contributed by atoms with E-state index in [0.717, 1.165) is 12.1 Å². The van der Waals surface area contributed by atoms with E-state index < -0.39 is 17.2 Å². The fraction of sp³-hybridized carbons (Fsp3) is 0.316. The van der Waals surface area contributed by atoms with Crippen LogP contribution < -0.4 is 14.8 Å². The van der Waals surface area contributed by atoms with Crippen molar-refractivity contribution in [2.75, 3.05) is 18.5 Å². The molecule has 0 saturated heterocycles. The summed E-state index contributed by atoms with van der Waals surface area (Å²) in [6.45, 7) is 4.38. The van der Waals surface area contributed by atoms with Crippen LogP contribution in [0.15, 0.2) is 42.5 Å². The standard InChI is InChI=1S/C19H18F3NO3/c1-18(2,13-5-8-15-16(11-13)26-10-9-25-15)17(24)23-14-6-3-12(4-7-14)19(20,21)22/h3-8,11H,9-10H2,1-2H3,(H,23,24). The molecule has 4 nitrogen and oxygen atoms in total. The minimum Gasteiger partial charge on any atom is -0.486 e. The Morgan fingerprint density at radius 3 is 2.12 bits per heavy atom. The minimum absolute atomic E-state index is 0.300. The van der Waals surface area contributed by atoms with Gasteiger partial charge in [-0.2, -0.15) is 13.2 Å². The summed E-state index contributed by atoms with van der Waals surface area (Å²) in [5.41, 5.74) is -0.667. The first-order valence-electron chi connectivity index (χ1n) is 8.07. The Morgan fingerprint density at radius 1 is 0.923 bits per heavy atom. The summed E-state index contributed by atoms with van der Waals surface area (Å²) in [7, 11) is 0. The molecule has 0 spiro atoms. The summed E-state index contributed by atoms with van der Waals surface area (Å²) in [6.07, 6.45) is -4.41.